The molecule has 0 aliphatic heterocycles. The van der Waals surface area contributed by atoms with Crippen LogP contribution in [0.4, 0.5) is 0 Å². The number of nitrogens with two attached hydrogens (primary N) is 1. The summed E-state index contributed by atoms with van der Waals surface area (Å²) < 4.78 is 0. The molecule has 2 N–H and O–H groups in total. The van der Waals surface area contributed by atoms with E-state index in [1.165, 1.54) is 0 Å². The highest BCUT2D eigenvalue weighted by Crippen LogP contribution is 2.13. The van der Waals surface area contributed by atoms with Crippen molar-refractivity contribution in [1.82, 2.24) is 0 Å². The van der Waals surface area contributed by atoms with Gasteiger partial charge in [0.2, 0.25) is 0 Å². The van der Waals surface area contributed by atoms with E-state index < -0.39 is 0 Å². The van der Waals surface area contributed by atoms with Gasteiger partial charge in [-0.25, -0.2) is 0 Å². The predicted molar refractivity (Wildman–Crippen MR) is 56.1 cm³/mol. The minimum atomic E-state index is -0.244. The Morgan fingerprint density at radius 3 is 2.77 bits per heavy atom. The van der Waals surface area contributed by atoms with Gasteiger partial charge in [0.05, 0.1) is 0 Å². The van der Waals surface area contributed by atoms with Crippen molar-refractivity contribution in [2.75, 3.05) is 0 Å². The number of carbonyl (C=O) groups excluding carboxylic acids is 1. The topological polar surface area (TPSA) is 43.1 Å². The van der Waals surface area contributed by atoms with E-state index in [4.69, 9.17) is 5.73 Å². The third-order valence-electron chi connectivity index (χ3n) is 1.84. The lowest BCUT2D eigenvalue weighted by molar-refractivity contribution is 0.0973. The highest BCUT2D eigenvalue weighted by Gasteiger charge is 2.14. The van der Waals surface area contributed by atoms with Gasteiger partial charge in [0, 0.05) is 22.9 Å². The fraction of sp³-hybridized carbons (Fsp3) is 0.500. The maximum atomic E-state index is 11.5. The van der Waals surface area contributed by atoms with Crippen LogP contribution in [0.15, 0.2) is 16.8 Å². The molecule has 3 heteroatoms. The molecule has 0 saturated heterocycles. The van der Waals surface area contributed by atoms with Crippen LogP contribution in [0, 0.1) is 0 Å². The average Bonchev–Trinajstić information content (AvgIpc) is 2.50. The molecular weight excluding hydrogens is 182 g/mol. The summed E-state index contributed by atoms with van der Waals surface area (Å²) in [4.78, 5) is 11.5. The number of thiophene rings is 1. The first-order valence-corrected chi connectivity index (χ1v) is 5.27. The minimum Gasteiger partial charge on any atom is -0.326 e. The number of Topliss-reactive ketones (excluding diaryl/α,β-unsaturated/α-hetero) is 1. The lowest BCUT2D eigenvalue weighted by Gasteiger charge is -2.16. The summed E-state index contributed by atoms with van der Waals surface area (Å²) in [6.45, 7) is 3.88. The van der Waals surface area contributed by atoms with Crippen molar-refractivity contribution in [1.29, 1.82) is 0 Å². The first kappa shape index (κ1) is 10.4. The SMILES string of the molecule is CC(C)(N)CCC(=O)c1ccsc1. The van der Waals surface area contributed by atoms with Gasteiger partial charge in [0.15, 0.2) is 5.78 Å². The zero-order valence-corrected chi connectivity index (χ0v) is 8.86. The molecule has 1 aromatic heterocycles. The third-order valence-corrected chi connectivity index (χ3v) is 2.52. The van der Waals surface area contributed by atoms with Crippen LogP contribution in [0.5, 0.6) is 0 Å². The zero-order valence-electron chi connectivity index (χ0n) is 8.04. The van der Waals surface area contributed by atoms with Crippen molar-refractivity contribution in [2.24, 2.45) is 5.73 Å². The zero-order chi connectivity index (χ0) is 9.90. The van der Waals surface area contributed by atoms with E-state index in [0.29, 0.717) is 6.42 Å². The Morgan fingerprint density at radius 2 is 2.31 bits per heavy atom. The van der Waals surface area contributed by atoms with Crippen molar-refractivity contribution >= 4 is 17.1 Å². The summed E-state index contributed by atoms with van der Waals surface area (Å²) in [5.41, 5.74) is 6.36. The summed E-state index contributed by atoms with van der Waals surface area (Å²) in [5, 5.41) is 3.80. The first-order chi connectivity index (χ1) is 5.99. The van der Waals surface area contributed by atoms with Gasteiger partial charge in [-0.05, 0) is 31.7 Å². The van der Waals surface area contributed by atoms with Gasteiger partial charge in [-0.3, -0.25) is 4.79 Å². The molecule has 0 aromatic carbocycles. The second-order valence-corrected chi connectivity index (χ2v) is 4.70. The molecule has 1 rings (SSSR count). The highest BCUT2D eigenvalue weighted by atomic mass is 32.1. The van der Waals surface area contributed by atoms with E-state index >= 15 is 0 Å². The molecule has 1 aromatic rings. The van der Waals surface area contributed by atoms with E-state index in [1.54, 1.807) is 11.3 Å². The van der Waals surface area contributed by atoms with Gasteiger partial charge in [-0.2, -0.15) is 11.3 Å². The Bertz CT molecular complexity index is 272. The molecule has 0 unspecified atom stereocenters. The maximum Gasteiger partial charge on any atom is 0.163 e. The Kier molecular flexibility index (Phi) is 3.22. The average molecular weight is 197 g/mol. The summed E-state index contributed by atoms with van der Waals surface area (Å²) in [6.07, 6.45) is 1.28. The molecular formula is C10H15NOS. The molecule has 1 heterocycles. The molecule has 0 aliphatic rings. The quantitative estimate of drug-likeness (QED) is 0.753. The lowest BCUT2D eigenvalue weighted by atomic mass is 9.97. The van der Waals surface area contributed by atoms with Gasteiger partial charge < -0.3 is 5.73 Å². The first-order valence-electron chi connectivity index (χ1n) is 4.33. The number of ketones is 1. The van der Waals surface area contributed by atoms with Crippen LogP contribution in [0.1, 0.15) is 37.0 Å². The largest absolute Gasteiger partial charge is 0.326 e. The van der Waals surface area contributed by atoms with Gasteiger partial charge in [-0.1, -0.05) is 0 Å². The van der Waals surface area contributed by atoms with Gasteiger partial charge in [0.25, 0.3) is 0 Å². The van der Waals surface area contributed by atoms with Crippen molar-refractivity contribution < 1.29 is 4.79 Å². The van der Waals surface area contributed by atoms with Gasteiger partial charge in [-0.15, -0.1) is 0 Å². The maximum absolute atomic E-state index is 11.5. The van der Waals surface area contributed by atoms with Crippen LogP contribution >= 0.6 is 11.3 Å². The van der Waals surface area contributed by atoms with Crippen molar-refractivity contribution in [3.63, 3.8) is 0 Å². The van der Waals surface area contributed by atoms with Crippen LogP contribution in [0.25, 0.3) is 0 Å². The Morgan fingerprint density at radius 1 is 1.62 bits per heavy atom. The second-order valence-electron chi connectivity index (χ2n) is 3.92. The molecule has 0 saturated carbocycles. The third kappa shape index (κ3) is 3.70. The van der Waals surface area contributed by atoms with Crippen LogP contribution in [0.3, 0.4) is 0 Å². The van der Waals surface area contributed by atoms with E-state index in [2.05, 4.69) is 0 Å². The number of hydrogen-bond acceptors (Lipinski definition) is 3. The number of hydrogen-bond donors (Lipinski definition) is 1. The smallest absolute Gasteiger partial charge is 0.163 e. The Balaban J connectivity index is 2.44. The van der Waals surface area contributed by atoms with Crippen molar-refractivity contribution in [3.05, 3.63) is 22.4 Å². The molecule has 0 aliphatic carbocycles. The fourth-order valence-electron chi connectivity index (χ4n) is 1.00. The van der Waals surface area contributed by atoms with Crippen LogP contribution in [-0.2, 0) is 0 Å². The van der Waals surface area contributed by atoms with Gasteiger partial charge >= 0.3 is 0 Å². The van der Waals surface area contributed by atoms with E-state index in [9.17, 15) is 4.79 Å². The lowest BCUT2D eigenvalue weighted by Crippen LogP contribution is -2.32. The molecule has 0 spiro atoms. The number of rotatable bonds is 4. The molecule has 2 nitrogen and oxygen atoms in total. The van der Waals surface area contributed by atoms with E-state index in [0.717, 1.165) is 12.0 Å². The van der Waals surface area contributed by atoms with Gasteiger partial charge in [0.1, 0.15) is 0 Å². The van der Waals surface area contributed by atoms with Crippen LogP contribution in [0.2, 0.25) is 0 Å². The number of carbonyl (C=O) groups is 1. The summed E-state index contributed by atoms with van der Waals surface area (Å²) in [7, 11) is 0. The molecule has 0 amide bonds. The van der Waals surface area contributed by atoms with E-state index in [1.807, 2.05) is 30.7 Å². The van der Waals surface area contributed by atoms with Crippen LogP contribution in [-0.4, -0.2) is 11.3 Å². The molecule has 0 bridgehead atoms. The second kappa shape index (κ2) is 4.03. The fourth-order valence-corrected chi connectivity index (χ4v) is 1.66. The summed E-state index contributed by atoms with van der Waals surface area (Å²) in [6, 6.07) is 1.86. The van der Waals surface area contributed by atoms with Crippen molar-refractivity contribution in [2.45, 2.75) is 32.2 Å². The monoisotopic (exact) mass is 197 g/mol. The van der Waals surface area contributed by atoms with E-state index in [-0.39, 0.29) is 11.3 Å². The standard InChI is InChI=1S/C10H15NOS/c1-10(2,11)5-3-9(12)8-4-6-13-7-8/h4,6-7H,3,5,11H2,1-2H3. The molecule has 13 heavy (non-hydrogen) atoms. The summed E-state index contributed by atoms with van der Waals surface area (Å²) in [5.74, 6) is 0.194. The normalized spacial score (nSPS) is 11.6. The molecule has 0 radical (unpaired) electrons. The molecule has 0 fully saturated rings. The Hall–Kier alpha value is -0.670. The predicted octanol–water partition coefficient (Wildman–Crippen LogP) is 2.45. The van der Waals surface area contributed by atoms with Crippen molar-refractivity contribution in [3.8, 4) is 0 Å². The Labute approximate surface area is 82.8 Å². The van der Waals surface area contributed by atoms with Crippen LogP contribution < -0.4 is 5.73 Å². The molecule has 72 valence electrons. The minimum absolute atomic E-state index is 0.194. The molecule has 0 atom stereocenters. The summed E-state index contributed by atoms with van der Waals surface area (Å²) >= 11 is 1.55. The highest BCUT2D eigenvalue weighted by molar-refractivity contribution is 7.08.